The molecular formula is C23H33N3O3. The van der Waals surface area contributed by atoms with Gasteiger partial charge >= 0.3 is 0 Å². The molecule has 0 fully saturated rings. The number of benzene rings is 1. The van der Waals surface area contributed by atoms with Crippen molar-refractivity contribution < 1.29 is 14.3 Å². The number of methoxy groups -OCH3 is 1. The Balaban J connectivity index is 1.88. The number of carbonyl (C=O) groups excluding carboxylic acids is 2. The predicted molar refractivity (Wildman–Crippen MR) is 117 cm³/mol. The van der Waals surface area contributed by atoms with E-state index in [1.807, 2.05) is 45.9 Å². The lowest BCUT2D eigenvalue weighted by atomic mass is 9.86. The SMILES string of the molecule is C=CC(C)(CCOC)C(=O)NCC[C@H](C)NC(=O)c1ccc2[nH]c(C)c(C)c2c1. The molecule has 2 aromatic rings. The van der Waals surface area contributed by atoms with Crippen LogP contribution in [0.4, 0.5) is 0 Å². The van der Waals surface area contributed by atoms with Crippen LogP contribution in [-0.2, 0) is 9.53 Å². The summed E-state index contributed by atoms with van der Waals surface area (Å²) in [6.07, 6.45) is 2.87. The highest BCUT2D eigenvalue weighted by Crippen LogP contribution is 2.23. The molecule has 2 rings (SSSR count). The number of ether oxygens (including phenoxy) is 1. The minimum Gasteiger partial charge on any atom is -0.385 e. The third-order valence-electron chi connectivity index (χ3n) is 5.61. The summed E-state index contributed by atoms with van der Waals surface area (Å²) in [5, 5.41) is 7.01. The van der Waals surface area contributed by atoms with Crippen LogP contribution in [0.25, 0.3) is 10.9 Å². The summed E-state index contributed by atoms with van der Waals surface area (Å²) < 4.78 is 5.08. The van der Waals surface area contributed by atoms with E-state index in [2.05, 4.69) is 22.2 Å². The first kappa shape index (κ1) is 22.7. The fourth-order valence-electron chi connectivity index (χ4n) is 3.21. The van der Waals surface area contributed by atoms with Gasteiger partial charge in [0.2, 0.25) is 5.91 Å². The number of aromatic amines is 1. The fraction of sp³-hybridized carbons (Fsp3) is 0.478. The van der Waals surface area contributed by atoms with Crippen LogP contribution in [0.3, 0.4) is 0 Å². The highest BCUT2D eigenvalue weighted by Gasteiger charge is 2.29. The number of nitrogens with one attached hydrogen (secondary N) is 3. The van der Waals surface area contributed by atoms with E-state index in [9.17, 15) is 9.59 Å². The van der Waals surface area contributed by atoms with Crippen molar-refractivity contribution in [2.45, 2.75) is 46.6 Å². The molecule has 1 aromatic heterocycles. The average Bonchev–Trinajstić information content (AvgIpc) is 2.99. The molecule has 1 heterocycles. The van der Waals surface area contributed by atoms with E-state index >= 15 is 0 Å². The van der Waals surface area contributed by atoms with Crippen LogP contribution < -0.4 is 10.6 Å². The molecule has 0 bridgehead atoms. The highest BCUT2D eigenvalue weighted by atomic mass is 16.5. The molecule has 6 nitrogen and oxygen atoms in total. The van der Waals surface area contributed by atoms with E-state index in [0.717, 1.165) is 22.2 Å². The first-order valence-electron chi connectivity index (χ1n) is 10.0. The number of aryl methyl sites for hydroxylation is 2. The molecule has 0 saturated carbocycles. The second kappa shape index (κ2) is 9.74. The van der Waals surface area contributed by atoms with Crippen LogP contribution >= 0.6 is 0 Å². The van der Waals surface area contributed by atoms with Crippen LogP contribution in [0, 0.1) is 19.3 Å². The maximum atomic E-state index is 12.6. The number of fused-ring (bicyclic) bond motifs is 1. The minimum atomic E-state index is -0.662. The van der Waals surface area contributed by atoms with Crippen molar-refractivity contribution in [1.29, 1.82) is 0 Å². The second-order valence-electron chi connectivity index (χ2n) is 7.92. The molecule has 3 N–H and O–H groups in total. The Bertz CT molecular complexity index is 887. The van der Waals surface area contributed by atoms with Crippen molar-refractivity contribution in [2.24, 2.45) is 5.41 Å². The molecule has 0 aliphatic rings. The predicted octanol–water partition coefficient (Wildman–Crippen LogP) is 3.64. The number of aromatic nitrogens is 1. The lowest BCUT2D eigenvalue weighted by Crippen LogP contribution is -2.41. The summed E-state index contributed by atoms with van der Waals surface area (Å²) in [7, 11) is 1.61. The van der Waals surface area contributed by atoms with Gasteiger partial charge in [-0.25, -0.2) is 0 Å². The molecule has 0 saturated heterocycles. The summed E-state index contributed by atoms with van der Waals surface area (Å²) in [6.45, 7) is 12.6. The average molecular weight is 400 g/mol. The van der Waals surface area contributed by atoms with Crippen molar-refractivity contribution in [1.82, 2.24) is 15.6 Å². The molecule has 2 atom stereocenters. The molecular weight excluding hydrogens is 366 g/mol. The van der Waals surface area contributed by atoms with E-state index < -0.39 is 5.41 Å². The van der Waals surface area contributed by atoms with E-state index in [-0.39, 0.29) is 17.9 Å². The molecule has 0 radical (unpaired) electrons. The largest absolute Gasteiger partial charge is 0.385 e. The summed E-state index contributed by atoms with van der Waals surface area (Å²) in [5.41, 5.74) is 3.27. The molecule has 1 unspecified atom stereocenters. The zero-order valence-electron chi connectivity index (χ0n) is 18.1. The topological polar surface area (TPSA) is 83.2 Å². The third kappa shape index (κ3) is 5.48. The van der Waals surface area contributed by atoms with Crippen molar-refractivity contribution in [3.05, 3.63) is 47.7 Å². The summed E-state index contributed by atoms with van der Waals surface area (Å²) in [5.74, 6) is -0.188. The maximum Gasteiger partial charge on any atom is 0.251 e. The van der Waals surface area contributed by atoms with Crippen molar-refractivity contribution >= 4 is 22.7 Å². The fourth-order valence-corrected chi connectivity index (χ4v) is 3.21. The second-order valence-corrected chi connectivity index (χ2v) is 7.92. The van der Waals surface area contributed by atoms with Gasteiger partial charge in [0.25, 0.3) is 5.91 Å². The van der Waals surface area contributed by atoms with Crippen molar-refractivity contribution in [2.75, 3.05) is 20.3 Å². The number of hydrogen-bond acceptors (Lipinski definition) is 3. The number of amides is 2. The Morgan fingerprint density at radius 3 is 2.72 bits per heavy atom. The van der Waals surface area contributed by atoms with Crippen LogP contribution in [0.5, 0.6) is 0 Å². The molecule has 0 aliphatic heterocycles. The Morgan fingerprint density at radius 2 is 2.07 bits per heavy atom. The zero-order chi connectivity index (χ0) is 21.6. The number of carbonyl (C=O) groups is 2. The molecule has 2 amide bonds. The monoisotopic (exact) mass is 399 g/mol. The normalized spacial score (nSPS) is 14.2. The third-order valence-corrected chi connectivity index (χ3v) is 5.61. The lowest BCUT2D eigenvalue weighted by molar-refractivity contribution is -0.128. The summed E-state index contributed by atoms with van der Waals surface area (Å²) >= 11 is 0. The van der Waals surface area contributed by atoms with Crippen molar-refractivity contribution in [3.63, 3.8) is 0 Å². The molecule has 0 spiro atoms. The van der Waals surface area contributed by atoms with Gasteiger partial charge in [-0.1, -0.05) is 6.08 Å². The Hall–Kier alpha value is -2.60. The van der Waals surface area contributed by atoms with Gasteiger partial charge in [0.05, 0.1) is 5.41 Å². The summed E-state index contributed by atoms with van der Waals surface area (Å²) in [4.78, 5) is 28.4. The van der Waals surface area contributed by atoms with Gasteiger partial charge < -0.3 is 20.4 Å². The van der Waals surface area contributed by atoms with E-state index in [1.165, 1.54) is 0 Å². The number of hydrogen-bond donors (Lipinski definition) is 3. The quantitative estimate of drug-likeness (QED) is 0.534. The number of H-pyrrole nitrogens is 1. The van der Waals surface area contributed by atoms with E-state index in [0.29, 0.717) is 31.6 Å². The van der Waals surface area contributed by atoms with Gasteiger partial charge in [-0.15, -0.1) is 6.58 Å². The Morgan fingerprint density at radius 1 is 1.34 bits per heavy atom. The first-order chi connectivity index (χ1) is 13.7. The minimum absolute atomic E-state index is 0.0680. The lowest BCUT2D eigenvalue weighted by Gasteiger charge is -2.24. The van der Waals surface area contributed by atoms with Gasteiger partial charge in [-0.05, 0) is 64.3 Å². The summed E-state index contributed by atoms with van der Waals surface area (Å²) in [6, 6.07) is 5.61. The molecule has 29 heavy (non-hydrogen) atoms. The van der Waals surface area contributed by atoms with Gasteiger partial charge in [-0.2, -0.15) is 0 Å². The number of rotatable bonds is 10. The van der Waals surface area contributed by atoms with Gasteiger partial charge in [0.15, 0.2) is 0 Å². The molecule has 158 valence electrons. The standard InChI is InChI=1S/C23H33N3O3/c1-7-23(5,11-13-29-6)22(28)24-12-10-15(2)25-21(27)18-8-9-20-19(14-18)16(3)17(4)26-20/h7-9,14-15,26H,1,10-13H2,2-6H3,(H,24,28)(H,25,27)/t15-,23?/m0/s1. The molecule has 1 aromatic carbocycles. The van der Waals surface area contributed by atoms with E-state index in [4.69, 9.17) is 4.74 Å². The van der Waals surface area contributed by atoms with Gasteiger partial charge in [-0.3, -0.25) is 9.59 Å². The van der Waals surface area contributed by atoms with Crippen LogP contribution in [0.1, 0.15) is 48.3 Å². The van der Waals surface area contributed by atoms with Crippen LogP contribution in [0.2, 0.25) is 0 Å². The first-order valence-corrected chi connectivity index (χ1v) is 10.0. The highest BCUT2D eigenvalue weighted by molar-refractivity contribution is 5.99. The smallest absolute Gasteiger partial charge is 0.251 e. The van der Waals surface area contributed by atoms with Crippen molar-refractivity contribution in [3.8, 4) is 0 Å². The maximum absolute atomic E-state index is 12.6. The van der Waals surface area contributed by atoms with Crippen LogP contribution in [-0.4, -0.2) is 43.1 Å². The van der Waals surface area contributed by atoms with Gasteiger partial charge in [0.1, 0.15) is 0 Å². The van der Waals surface area contributed by atoms with E-state index in [1.54, 1.807) is 13.2 Å². The van der Waals surface area contributed by atoms with Crippen LogP contribution in [0.15, 0.2) is 30.9 Å². The Kier molecular flexibility index (Phi) is 7.62. The molecule has 6 heteroatoms. The Labute approximate surface area is 173 Å². The van der Waals surface area contributed by atoms with Gasteiger partial charge in [0, 0.05) is 48.5 Å². The molecule has 0 aliphatic carbocycles. The zero-order valence-corrected chi connectivity index (χ0v) is 18.1.